The Hall–Kier alpha value is -1.86. The van der Waals surface area contributed by atoms with Crippen molar-refractivity contribution in [2.75, 3.05) is 6.54 Å². The van der Waals surface area contributed by atoms with Crippen molar-refractivity contribution in [1.29, 1.82) is 0 Å². The number of aromatic amines is 1. The van der Waals surface area contributed by atoms with Crippen LogP contribution < -0.4 is 5.32 Å². The van der Waals surface area contributed by atoms with Crippen LogP contribution in [0.5, 0.6) is 0 Å². The van der Waals surface area contributed by atoms with E-state index in [0.717, 1.165) is 23.4 Å². The van der Waals surface area contributed by atoms with E-state index in [4.69, 9.17) is 0 Å². The lowest BCUT2D eigenvalue weighted by atomic mass is 9.89. The molecule has 0 fully saturated rings. The number of halogens is 3. The molecular formula is C17H22F3N3O. The first-order valence-electron chi connectivity index (χ1n) is 7.67. The molecular weight excluding hydrogens is 319 g/mol. The smallest absolute Gasteiger partial charge is 0.387 e. The number of benzene rings is 1. The normalized spacial score (nSPS) is 14.0. The number of aliphatic hydroxyl groups is 1. The minimum atomic E-state index is -4.42. The van der Waals surface area contributed by atoms with Gasteiger partial charge in [-0.25, -0.2) is 0 Å². The van der Waals surface area contributed by atoms with Crippen LogP contribution in [0.2, 0.25) is 0 Å². The van der Waals surface area contributed by atoms with Crippen LogP contribution in [0.15, 0.2) is 30.5 Å². The van der Waals surface area contributed by atoms with Gasteiger partial charge in [-0.05, 0) is 17.7 Å². The van der Waals surface area contributed by atoms with Crippen LogP contribution in [0.3, 0.4) is 0 Å². The van der Waals surface area contributed by atoms with Crippen molar-refractivity contribution in [3.8, 4) is 0 Å². The number of aliphatic hydroxyl groups excluding tert-OH is 1. The number of nitrogens with zero attached hydrogens (tertiary/aromatic N) is 1. The Morgan fingerprint density at radius 1 is 1.25 bits per heavy atom. The molecule has 1 aromatic heterocycles. The molecule has 0 bridgehead atoms. The number of nitrogens with one attached hydrogen (secondary N) is 2. The molecule has 1 atom stereocenters. The number of hydrogen-bond acceptors (Lipinski definition) is 3. The van der Waals surface area contributed by atoms with Crippen molar-refractivity contribution in [2.45, 2.75) is 45.0 Å². The zero-order valence-corrected chi connectivity index (χ0v) is 13.9. The van der Waals surface area contributed by atoms with Gasteiger partial charge in [-0.3, -0.25) is 5.10 Å². The first kappa shape index (κ1) is 18.5. The lowest BCUT2D eigenvalue weighted by Gasteiger charge is -2.19. The molecule has 0 saturated carbocycles. The molecule has 1 heterocycles. The molecule has 2 aromatic rings. The van der Waals surface area contributed by atoms with Crippen molar-refractivity contribution in [3.63, 3.8) is 0 Å². The molecule has 7 heteroatoms. The van der Waals surface area contributed by atoms with E-state index in [2.05, 4.69) is 36.3 Å². The van der Waals surface area contributed by atoms with E-state index < -0.39 is 17.8 Å². The van der Waals surface area contributed by atoms with Crippen molar-refractivity contribution < 1.29 is 18.3 Å². The molecule has 4 nitrogen and oxygen atoms in total. The molecule has 3 N–H and O–H groups in total. The average Bonchev–Trinajstić information content (AvgIpc) is 2.95. The van der Waals surface area contributed by atoms with E-state index in [1.807, 2.05) is 0 Å². The van der Waals surface area contributed by atoms with E-state index in [9.17, 15) is 18.3 Å². The summed E-state index contributed by atoms with van der Waals surface area (Å²) in [6.45, 7) is 6.79. The summed E-state index contributed by atoms with van der Waals surface area (Å²) >= 11 is 0. The van der Waals surface area contributed by atoms with Crippen molar-refractivity contribution >= 4 is 0 Å². The molecule has 0 saturated heterocycles. The predicted molar refractivity (Wildman–Crippen MR) is 85.4 cm³/mol. The Morgan fingerprint density at radius 3 is 2.58 bits per heavy atom. The van der Waals surface area contributed by atoms with Gasteiger partial charge in [0.2, 0.25) is 0 Å². The molecule has 2 rings (SSSR count). The first-order chi connectivity index (χ1) is 11.1. The Morgan fingerprint density at radius 2 is 1.96 bits per heavy atom. The van der Waals surface area contributed by atoms with E-state index in [1.54, 1.807) is 6.20 Å². The highest BCUT2D eigenvalue weighted by Gasteiger charge is 2.30. The Bertz CT molecular complexity index is 674. The van der Waals surface area contributed by atoms with Gasteiger partial charge in [-0.15, -0.1) is 0 Å². The minimum Gasteiger partial charge on any atom is -0.387 e. The standard InChI is InChI=1S/C17H22F3N3O/c1-16(2,3)15-12(9-22-23-15)8-21-10-14(24)11-5-4-6-13(7-11)17(18,19)20/h4-7,9,14,21,24H,8,10H2,1-3H3,(H,22,23). The fraction of sp³-hybridized carbons (Fsp3) is 0.471. The first-order valence-corrected chi connectivity index (χ1v) is 7.67. The van der Waals surface area contributed by atoms with Crippen LogP contribution >= 0.6 is 0 Å². The van der Waals surface area contributed by atoms with Gasteiger partial charge in [0.1, 0.15) is 0 Å². The molecule has 0 aliphatic rings. The number of alkyl halides is 3. The summed E-state index contributed by atoms with van der Waals surface area (Å²) in [5.74, 6) is 0. The fourth-order valence-electron chi connectivity index (χ4n) is 2.48. The third-order valence-corrected chi connectivity index (χ3v) is 3.72. The summed E-state index contributed by atoms with van der Waals surface area (Å²) in [4.78, 5) is 0. The molecule has 0 aliphatic heterocycles. The summed E-state index contributed by atoms with van der Waals surface area (Å²) in [6.07, 6.45) is -3.72. The Balaban J connectivity index is 1.97. The predicted octanol–water partition coefficient (Wildman–Crippen LogP) is 3.55. The zero-order chi connectivity index (χ0) is 18.0. The van der Waals surface area contributed by atoms with Crippen LogP contribution in [0, 0.1) is 0 Å². The minimum absolute atomic E-state index is 0.0901. The largest absolute Gasteiger partial charge is 0.416 e. The molecule has 0 spiro atoms. The molecule has 132 valence electrons. The highest BCUT2D eigenvalue weighted by atomic mass is 19.4. The van der Waals surface area contributed by atoms with Gasteiger partial charge in [-0.1, -0.05) is 32.9 Å². The fourth-order valence-corrected chi connectivity index (χ4v) is 2.48. The summed E-state index contributed by atoms with van der Waals surface area (Å²) < 4.78 is 38.2. The van der Waals surface area contributed by atoms with Gasteiger partial charge in [-0.2, -0.15) is 18.3 Å². The molecule has 24 heavy (non-hydrogen) atoms. The summed E-state index contributed by atoms with van der Waals surface area (Å²) in [6, 6.07) is 4.75. The third kappa shape index (κ3) is 4.58. The second-order valence-corrected chi connectivity index (χ2v) is 6.79. The second kappa shape index (κ2) is 6.94. The maximum absolute atomic E-state index is 12.7. The third-order valence-electron chi connectivity index (χ3n) is 3.72. The molecule has 1 unspecified atom stereocenters. The monoisotopic (exact) mass is 341 g/mol. The lowest BCUT2D eigenvalue weighted by molar-refractivity contribution is -0.137. The Kier molecular flexibility index (Phi) is 5.35. The number of H-pyrrole nitrogens is 1. The zero-order valence-electron chi connectivity index (χ0n) is 13.9. The maximum Gasteiger partial charge on any atom is 0.416 e. The molecule has 1 aromatic carbocycles. The van der Waals surface area contributed by atoms with Crippen LogP contribution in [0.1, 0.15) is 49.3 Å². The average molecular weight is 341 g/mol. The quantitative estimate of drug-likeness (QED) is 0.779. The number of aromatic nitrogens is 2. The van der Waals surface area contributed by atoms with Crippen molar-refractivity contribution in [3.05, 3.63) is 52.8 Å². The van der Waals surface area contributed by atoms with Crippen LogP contribution in [0.4, 0.5) is 13.2 Å². The van der Waals surface area contributed by atoms with E-state index in [1.165, 1.54) is 12.1 Å². The highest BCUT2D eigenvalue weighted by molar-refractivity contribution is 5.27. The summed E-state index contributed by atoms with van der Waals surface area (Å²) in [5, 5.41) is 20.2. The molecule has 0 aliphatic carbocycles. The highest BCUT2D eigenvalue weighted by Crippen LogP contribution is 2.30. The van der Waals surface area contributed by atoms with Gasteiger partial charge in [0.15, 0.2) is 0 Å². The SMILES string of the molecule is CC(C)(C)c1[nH]ncc1CNCC(O)c1cccc(C(F)(F)F)c1. The van der Waals surface area contributed by atoms with Crippen molar-refractivity contribution in [2.24, 2.45) is 0 Å². The number of rotatable bonds is 5. The topological polar surface area (TPSA) is 60.9 Å². The lowest BCUT2D eigenvalue weighted by Crippen LogP contribution is -2.23. The van der Waals surface area contributed by atoms with E-state index >= 15 is 0 Å². The van der Waals surface area contributed by atoms with Gasteiger partial charge in [0.25, 0.3) is 0 Å². The molecule has 0 radical (unpaired) electrons. The molecule has 0 amide bonds. The second-order valence-electron chi connectivity index (χ2n) is 6.79. The Labute approximate surface area is 139 Å². The van der Waals surface area contributed by atoms with Gasteiger partial charge in [0.05, 0.1) is 17.9 Å². The summed E-state index contributed by atoms with van der Waals surface area (Å²) in [5.41, 5.74) is 1.35. The maximum atomic E-state index is 12.7. The van der Waals surface area contributed by atoms with Gasteiger partial charge in [0, 0.05) is 29.8 Å². The summed E-state index contributed by atoms with van der Waals surface area (Å²) in [7, 11) is 0. The number of hydrogen-bond donors (Lipinski definition) is 3. The van der Waals surface area contributed by atoms with E-state index in [0.29, 0.717) is 6.54 Å². The van der Waals surface area contributed by atoms with Crippen LogP contribution in [-0.2, 0) is 18.1 Å². The van der Waals surface area contributed by atoms with Crippen molar-refractivity contribution in [1.82, 2.24) is 15.5 Å². The van der Waals surface area contributed by atoms with Gasteiger partial charge >= 0.3 is 6.18 Å². The van der Waals surface area contributed by atoms with E-state index in [-0.39, 0.29) is 17.5 Å². The van der Waals surface area contributed by atoms with Gasteiger partial charge < -0.3 is 10.4 Å². The van der Waals surface area contributed by atoms with Crippen LogP contribution in [-0.4, -0.2) is 21.8 Å². The van der Waals surface area contributed by atoms with Crippen LogP contribution in [0.25, 0.3) is 0 Å².